The summed E-state index contributed by atoms with van der Waals surface area (Å²) < 4.78 is 18.5. The molecule has 128 valence electrons. The Morgan fingerprint density at radius 2 is 1.96 bits per heavy atom. The van der Waals surface area contributed by atoms with Crippen LogP contribution in [0.3, 0.4) is 0 Å². The molecule has 2 N–H and O–H groups in total. The number of aliphatic hydroxyl groups is 1. The Kier molecular flexibility index (Phi) is 5.93. The van der Waals surface area contributed by atoms with Crippen molar-refractivity contribution in [1.82, 2.24) is 5.32 Å². The van der Waals surface area contributed by atoms with Crippen molar-refractivity contribution >= 4 is 5.91 Å². The lowest BCUT2D eigenvalue weighted by Crippen LogP contribution is -2.41. The normalized spacial score (nSPS) is 13.2. The van der Waals surface area contributed by atoms with E-state index in [1.165, 1.54) is 19.2 Å². The highest BCUT2D eigenvalue weighted by molar-refractivity contribution is 5.94. The number of hydrogen-bond donors (Lipinski definition) is 2. The fourth-order valence-electron chi connectivity index (χ4n) is 2.33. The molecule has 0 unspecified atom stereocenters. The van der Waals surface area contributed by atoms with Gasteiger partial charge in [0.05, 0.1) is 12.7 Å². The number of nitrogens with one attached hydrogen (secondary N) is 1. The summed E-state index contributed by atoms with van der Waals surface area (Å²) >= 11 is 0. The van der Waals surface area contributed by atoms with E-state index in [-0.39, 0.29) is 17.9 Å². The van der Waals surface area contributed by atoms with Gasteiger partial charge in [0, 0.05) is 12.1 Å². The highest BCUT2D eigenvalue weighted by Crippen LogP contribution is 2.18. The van der Waals surface area contributed by atoms with Gasteiger partial charge in [-0.2, -0.15) is 0 Å². The Morgan fingerprint density at radius 3 is 2.58 bits per heavy atom. The molecule has 0 fully saturated rings. The number of hydrogen-bond acceptors (Lipinski definition) is 3. The van der Waals surface area contributed by atoms with Crippen molar-refractivity contribution in [3.05, 3.63) is 65.5 Å². The lowest BCUT2D eigenvalue weighted by atomic mass is 9.96. The number of amides is 1. The van der Waals surface area contributed by atoms with E-state index in [0.717, 1.165) is 11.6 Å². The van der Waals surface area contributed by atoms with Crippen LogP contribution >= 0.6 is 0 Å². The number of halogens is 1. The molecule has 0 saturated heterocycles. The van der Waals surface area contributed by atoms with Gasteiger partial charge in [-0.05, 0) is 43.5 Å². The van der Waals surface area contributed by atoms with Gasteiger partial charge in [-0.1, -0.05) is 30.3 Å². The van der Waals surface area contributed by atoms with Gasteiger partial charge in [-0.25, -0.2) is 4.39 Å². The Bertz CT molecular complexity index is 686. The van der Waals surface area contributed by atoms with E-state index in [1.807, 2.05) is 30.3 Å². The van der Waals surface area contributed by atoms with Gasteiger partial charge in [0.1, 0.15) is 0 Å². The minimum Gasteiger partial charge on any atom is -0.494 e. The molecule has 2 aromatic carbocycles. The first-order chi connectivity index (χ1) is 11.4. The monoisotopic (exact) mass is 331 g/mol. The second-order valence-electron chi connectivity index (χ2n) is 6.01. The molecule has 0 aliphatic heterocycles. The number of ether oxygens (including phenoxy) is 1. The van der Waals surface area contributed by atoms with Crippen LogP contribution in [0.4, 0.5) is 4.39 Å². The molecule has 0 saturated carbocycles. The summed E-state index contributed by atoms with van der Waals surface area (Å²) in [7, 11) is 1.36. The van der Waals surface area contributed by atoms with Crippen LogP contribution in [-0.4, -0.2) is 30.3 Å². The van der Waals surface area contributed by atoms with Crippen molar-refractivity contribution < 1.29 is 19.0 Å². The summed E-state index contributed by atoms with van der Waals surface area (Å²) in [5, 5.41) is 13.0. The van der Waals surface area contributed by atoms with E-state index < -0.39 is 17.3 Å². The van der Waals surface area contributed by atoms with Crippen LogP contribution in [-0.2, 0) is 6.42 Å². The smallest absolute Gasteiger partial charge is 0.251 e. The van der Waals surface area contributed by atoms with Gasteiger partial charge in [0.2, 0.25) is 0 Å². The second-order valence-corrected chi connectivity index (χ2v) is 6.01. The molecule has 2 rings (SSSR count). The van der Waals surface area contributed by atoms with Crippen molar-refractivity contribution in [2.24, 2.45) is 0 Å². The van der Waals surface area contributed by atoms with E-state index in [9.17, 15) is 14.3 Å². The second kappa shape index (κ2) is 7.93. The zero-order valence-corrected chi connectivity index (χ0v) is 13.9. The highest BCUT2D eigenvalue weighted by Gasteiger charge is 2.21. The van der Waals surface area contributed by atoms with Crippen molar-refractivity contribution in [3.8, 4) is 5.75 Å². The predicted molar refractivity (Wildman–Crippen MR) is 90.7 cm³/mol. The Hall–Kier alpha value is -2.40. The molecule has 1 atom stereocenters. The molecule has 24 heavy (non-hydrogen) atoms. The van der Waals surface area contributed by atoms with Crippen molar-refractivity contribution in [2.75, 3.05) is 13.7 Å². The summed E-state index contributed by atoms with van der Waals surface area (Å²) in [6.45, 7) is 1.76. The van der Waals surface area contributed by atoms with Crippen molar-refractivity contribution in [1.29, 1.82) is 0 Å². The lowest BCUT2D eigenvalue weighted by molar-refractivity contribution is 0.0478. The Morgan fingerprint density at radius 1 is 1.25 bits per heavy atom. The van der Waals surface area contributed by atoms with E-state index in [1.54, 1.807) is 6.92 Å². The SMILES string of the molecule is COc1ccc(C(=O)NC[C@@](C)(O)CCc2ccccc2)cc1F. The summed E-state index contributed by atoms with van der Waals surface area (Å²) in [6, 6.07) is 13.8. The quantitative estimate of drug-likeness (QED) is 0.820. The highest BCUT2D eigenvalue weighted by atomic mass is 19.1. The average Bonchev–Trinajstić information content (AvgIpc) is 2.59. The molecular formula is C19H22FNO3. The minimum absolute atomic E-state index is 0.0846. The average molecular weight is 331 g/mol. The number of methoxy groups -OCH3 is 1. The molecule has 0 aliphatic carbocycles. The summed E-state index contributed by atoms with van der Waals surface area (Å²) in [6.07, 6.45) is 1.22. The standard InChI is InChI=1S/C19H22FNO3/c1-19(23,11-10-14-6-4-3-5-7-14)13-21-18(22)15-8-9-17(24-2)16(20)12-15/h3-9,12,23H,10-11,13H2,1-2H3,(H,21,22)/t19-/m0/s1. The molecule has 0 radical (unpaired) electrons. The van der Waals surface area contributed by atoms with Gasteiger partial charge in [0.25, 0.3) is 5.91 Å². The zero-order valence-electron chi connectivity index (χ0n) is 13.9. The minimum atomic E-state index is -1.05. The molecule has 4 nitrogen and oxygen atoms in total. The van der Waals surface area contributed by atoms with Crippen LogP contribution in [0.15, 0.2) is 48.5 Å². The zero-order chi connectivity index (χ0) is 17.6. The fraction of sp³-hybridized carbons (Fsp3) is 0.316. The van der Waals surface area contributed by atoms with Gasteiger partial charge in [-0.15, -0.1) is 0 Å². The maximum Gasteiger partial charge on any atom is 0.251 e. The van der Waals surface area contributed by atoms with E-state index >= 15 is 0 Å². The van der Waals surface area contributed by atoms with E-state index in [2.05, 4.69) is 5.32 Å². The molecule has 0 bridgehead atoms. The molecule has 5 heteroatoms. The summed E-state index contributed by atoms with van der Waals surface area (Å²) in [4.78, 5) is 12.1. The number of rotatable bonds is 7. The van der Waals surface area contributed by atoms with Crippen LogP contribution in [0.2, 0.25) is 0 Å². The fourth-order valence-corrected chi connectivity index (χ4v) is 2.33. The Labute approximate surface area is 141 Å². The van der Waals surface area contributed by atoms with Crippen LogP contribution in [0, 0.1) is 5.82 Å². The number of carbonyl (C=O) groups excluding carboxylic acids is 1. The number of benzene rings is 2. The first-order valence-corrected chi connectivity index (χ1v) is 7.79. The van der Waals surface area contributed by atoms with Crippen molar-refractivity contribution in [3.63, 3.8) is 0 Å². The number of aryl methyl sites for hydroxylation is 1. The summed E-state index contributed by atoms with van der Waals surface area (Å²) in [5.41, 5.74) is 0.268. The summed E-state index contributed by atoms with van der Waals surface area (Å²) in [5.74, 6) is -0.945. The first kappa shape index (κ1) is 17.9. The Balaban J connectivity index is 1.88. The van der Waals surface area contributed by atoms with Crippen molar-refractivity contribution in [2.45, 2.75) is 25.4 Å². The van der Waals surface area contributed by atoms with Gasteiger partial charge >= 0.3 is 0 Å². The molecule has 0 spiro atoms. The van der Waals surface area contributed by atoms with E-state index in [4.69, 9.17) is 4.74 Å². The number of carbonyl (C=O) groups is 1. The molecule has 0 aromatic heterocycles. The topological polar surface area (TPSA) is 58.6 Å². The lowest BCUT2D eigenvalue weighted by Gasteiger charge is -2.23. The van der Waals surface area contributed by atoms with Crippen LogP contribution in [0.1, 0.15) is 29.3 Å². The van der Waals surface area contributed by atoms with Crippen LogP contribution in [0.5, 0.6) is 5.75 Å². The maximum absolute atomic E-state index is 13.6. The molecule has 1 amide bonds. The maximum atomic E-state index is 13.6. The third-order valence-electron chi connectivity index (χ3n) is 3.84. The largest absolute Gasteiger partial charge is 0.494 e. The first-order valence-electron chi connectivity index (χ1n) is 7.79. The molecule has 2 aromatic rings. The van der Waals surface area contributed by atoms with Gasteiger partial charge in [-0.3, -0.25) is 4.79 Å². The van der Waals surface area contributed by atoms with Gasteiger partial charge in [0.15, 0.2) is 11.6 Å². The predicted octanol–water partition coefficient (Wildman–Crippen LogP) is 2.95. The van der Waals surface area contributed by atoms with Crippen LogP contribution in [0.25, 0.3) is 0 Å². The van der Waals surface area contributed by atoms with Crippen LogP contribution < -0.4 is 10.1 Å². The molecule has 0 heterocycles. The molecular weight excluding hydrogens is 309 g/mol. The third kappa shape index (κ3) is 5.06. The molecule has 0 aliphatic rings. The third-order valence-corrected chi connectivity index (χ3v) is 3.84. The van der Waals surface area contributed by atoms with E-state index in [0.29, 0.717) is 12.8 Å². The van der Waals surface area contributed by atoms with Gasteiger partial charge < -0.3 is 15.2 Å².